The van der Waals surface area contributed by atoms with Gasteiger partial charge in [-0.15, -0.1) is 0 Å². The molecule has 0 saturated heterocycles. The topological polar surface area (TPSA) is 12.9 Å². The standard InChI is InChI=1S/C15H14F3N.C7H14.C4H10/c16-15(17,18)13-3-1-2-11(8-13)14-7-6-12(9-19-14)10-4-5-10;1-7-5-3-2-4-6-7;1-3-4-2/h2,6-10H,1,3-5H2;7H,2-6H2,1H3;3-4H2,1-2H3. The van der Waals surface area contributed by atoms with E-state index in [2.05, 4.69) is 25.8 Å². The van der Waals surface area contributed by atoms with Crippen LogP contribution in [-0.2, 0) is 0 Å². The Balaban J connectivity index is 0.000000241. The minimum Gasteiger partial charge on any atom is -0.256 e. The molecule has 0 spiro atoms. The Kier molecular flexibility index (Phi) is 10.1. The summed E-state index contributed by atoms with van der Waals surface area (Å²) < 4.78 is 38.1. The number of rotatable bonds is 3. The van der Waals surface area contributed by atoms with Gasteiger partial charge in [0.15, 0.2) is 0 Å². The Morgan fingerprint density at radius 2 is 1.63 bits per heavy atom. The van der Waals surface area contributed by atoms with Crippen molar-refractivity contribution in [1.29, 1.82) is 0 Å². The molecule has 2 saturated carbocycles. The zero-order chi connectivity index (χ0) is 22.0. The molecule has 1 aromatic heterocycles. The normalized spacial score (nSPS) is 19.5. The van der Waals surface area contributed by atoms with Crippen molar-refractivity contribution < 1.29 is 13.2 Å². The molecular weight excluding hydrogens is 383 g/mol. The molecule has 0 radical (unpaired) electrons. The molecule has 0 aliphatic heterocycles. The minimum absolute atomic E-state index is 0.0627. The van der Waals surface area contributed by atoms with E-state index >= 15 is 0 Å². The summed E-state index contributed by atoms with van der Waals surface area (Å²) in [5.41, 5.74) is 1.95. The van der Waals surface area contributed by atoms with Gasteiger partial charge in [-0.2, -0.15) is 13.2 Å². The molecule has 0 bridgehead atoms. The van der Waals surface area contributed by atoms with Crippen LogP contribution in [0.3, 0.4) is 0 Å². The molecule has 1 aromatic rings. The van der Waals surface area contributed by atoms with Crippen molar-refractivity contribution >= 4 is 5.57 Å². The summed E-state index contributed by atoms with van der Waals surface area (Å²) in [6.45, 7) is 6.72. The lowest BCUT2D eigenvalue weighted by atomic mass is 9.91. The second-order valence-electron chi connectivity index (χ2n) is 8.86. The van der Waals surface area contributed by atoms with E-state index in [-0.39, 0.29) is 6.42 Å². The molecule has 0 atom stereocenters. The molecule has 1 heterocycles. The van der Waals surface area contributed by atoms with E-state index in [0.29, 0.717) is 23.6 Å². The summed E-state index contributed by atoms with van der Waals surface area (Å²) in [6.07, 6.45) is 13.6. The molecule has 30 heavy (non-hydrogen) atoms. The summed E-state index contributed by atoms with van der Waals surface area (Å²) in [6, 6.07) is 3.81. The summed E-state index contributed by atoms with van der Waals surface area (Å²) >= 11 is 0. The van der Waals surface area contributed by atoms with Crippen molar-refractivity contribution in [2.75, 3.05) is 0 Å². The third-order valence-corrected chi connectivity index (χ3v) is 6.00. The molecule has 3 aliphatic carbocycles. The van der Waals surface area contributed by atoms with Gasteiger partial charge in [0.25, 0.3) is 0 Å². The first-order valence-electron chi connectivity index (χ1n) is 11.8. The second-order valence-corrected chi connectivity index (χ2v) is 8.86. The fraction of sp³-hybridized carbons (Fsp3) is 0.654. The van der Waals surface area contributed by atoms with Gasteiger partial charge in [-0.25, -0.2) is 0 Å². The lowest BCUT2D eigenvalue weighted by Gasteiger charge is -2.16. The fourth-order valence-corrected chi connectivity index (χ4v) is 3.64. The molecule has 168 valence electrons. The zero-order valence-corrected chi connectivity index (χ0v) is 18.9. The highest BCUT2D eigenvalue weighted by Gasteiger charge is 2.34. The van der Waals surface area contributed by atoms with Crippen molar-refractivity contribution in [3.63, 3.8) is 0 Å². The quantitative estimate of drug-likeness (QED) is 0.474. The van der Waals surface area contributed by atoms with Gasteiger partial charge in [0.1, 0.15) is 0 Å². The van der Waals surface area contributed by atoms with E-state index in [1.807, 2.05) is 18.2 Å². The average Bonchev–Trinajstić information content (AvgIpc) is 3.60. The van der Waals surface area contributed by atoms with Crippen LogP contribution in [-0.4, -0.2) is 11.2 Å². The van der Waals surface area contributed by atoms with E-state index in [4.69, 9.17) is 0 Å². The number of nitrogens with zero attached hydrogens (tertiary/aromatic N) is 1. The van der Waals surface area contributed by atoms with Crippen LogP contribution < -0.4 is 0 Å². The molecule has 2 fully saturated rings. The molecule has 4 heteroatoms. The van der Waals surface area contributed by atoms with Gasteiger partial charge >= 0.3 is 6.18 Å². The highest BCUT2D eigenvalue weighted by atomic mass is 19.4. The molecular formula is C26H38F3N. The SMILES string of the molecule is CC1CCCCC1.CCCC.FC(F)(F)C1=CC(c2ccc(C3CC3)cn2)=CCC1. The number of halogens is 3. The predicted octanol–water partition coefficient (Wildman–Crippen LogP) is 9.02. The Hall–Kier alpha value is -1.58. The van der Waals surface area contributed by atoms with Crippen molar-refractivity contribution in [2.24, 2.45) is 5.92 Å². The van der Waals surface area contributed by atoms with Gasteiger partial charge < -0.3 is 0 Å². The predicted molar refractivity (Wildman–Crippen MR) is 120 cm³/mol. The molecule has 0 aromatic carbocycles. The Bertz CT molecular complexity index is 673. The van der Waals surface area contributed by atoms with E-state index in [0.717, 1.165) is 5.92 Å². The van der Waals surface area contributed by atoms with Gasteiger partial charge in [0.05, 0.1) is 5.69 Å². The van der Waals surface area contributed by atoms with E-state index in [1.54, 1.807) is 6.20 Å². The molecule has 1 nitrogen and oxygen atoms in total. The maximum Gasteiger partial charge on any atom is 0.412 e. The molecule has 0 N–H and O–H groups in total. The lowest BCUT2D eigenvalue weighted by molar-refractivity contribution is -0.0939. The van der Waals surface area contributed by atoms with Crippen LogP contribution in [0.15, 0.2) is 36.1 Å². The van der Waals surface area contributed by atoms with E-state index < -0.39 is 11.7 Å². The van der Waals surface area contributed by atoms with Crippen LogP contribution >= 0.6 is 0 Å². The van der Waals surface area contributed by atoms with Crippen molar-refractivity contribution in [1.82, 2.24) is 4.98 Å². The van der Waals surface area contributed by atoms with Crippen LogP contribution in [0.25, 0.3) is 5.57 Å². The fourth-order valence-electron chi connectivity index (χ4n) is 3.64. The summed E-state index contributed by atoms with van der Waals surface area (Å²) in [5, 5.41) is 0. The molecule has 3 aliphatic rings. The Morgan fingerprint density at radius 3 is 2.07 bits per heavy atom. The van der Waals surface area contributed by atoms with E-state index in [1.165, 1.54) is 69.4 Å². The smallest absolute Gasteiger partial charge is 0.256 e. The molecule has 0 amide bonds. The van der Waals surface area contributed by atoms with Crippen molar-refractivity contribution in [3.8, 4) is 0 Å². The maximum absolute atomic E-state index is 12.7. The number of pyridine rings is 1. The van der Waals surface area contributed by atoms with Crippen LogP contribution in [0.1, 0.15) is 109 Å². The number of unbranched alkanes of at least 4 members (excludes halogenated alkanes) is 1. The summed E-state index contributed by atoms with van der Waals surface area (Å²) in [5.74, 6) is 1.65. The van der Waals surface area contributed by atoms with Gasteiger partial charge in [-0.3, -0.25) is 4.98 Å². The Morgan fingerprint density at radius 1 is 0.967 bits per heavy atom. The first-order chi connectivity index (χ1) is 14.3. The van der Waals surface area contributed by atoms with E-state index in [9.17, 15) is 13.2 Å². The monoisotopic (exact) mass is 421 g/mol. The van der Waals surface area contributed by atoms with Crippen LogP contribution in [0.2, 0.25) is 0 Å². The first kappa shape index (κ1) is 24.7. The molecule has 0 unspecified atom stereocenters. The number of allylic oxidation sites excluding steroid dienone is 4. The number of hydrogen-bond donors (Lipinski definition) is 0. The third kappa shape index (κ3) is 8.65. The van der Waals surface area contributed by atoms with Crippen LogP contribution in [0.4, 0.5) is 13.2 Å². The highest BCUT2D eigenvalue weighted by molar-refractivity contribution is 5.73. The highest BCUT2D eigenvalue weighted by Crippen LogP contribution is 2.40. The van der Waals surface area contributed by atoms with Crippen molar-refractivity contribution in [3.05, 3.63) is 47.3 Å². The number of alkyl halides is 3. The largest absolute Gasteiger partial charge is 0.412 e. The minimum atomic E-state index is -4.23. The third-order valence-electron chi connectivity index (χ3n) is 6.00. The van der Waals surface area contributed by atoms with Gasteiger partial charge in [-0.05, 0) is 60.8 Å². The van der Waals surface area contributed by atoms with Crippen LogP contribution in [0, 0.1) is 5.92 Å². The van der Waals surface area contributed by atoms with Gasteiger partial charge in [0.2, 0.25) is 0 Å². The van der Waals surface area contributed by atoms with Gasteiger partial charge in [-0.1, -0.05) is 77.9 Å². The summed E-state index contributed by atoms with van der Waals surface area (Å²) in [7, 11) is 0. The average molecular weight is 422 g/mol. The lowest BCUT2D eigenvalue weighted by Crippen LogP contribution is -2.13. The molecule has 4 rings (SSSR count). The maximum atomic E-state index is 12.7. The van der Waals surface area contributed by atoms with Crippen molar-refractivity contribution in [2.45, 2.75) is 103 Å². The van der Waals surface area contributed by atoms with Gasteiger partial charge in [0, 0.05) is 11.8 Å². The van der Waals surface area contributed by atoms with Crippen LogP contribution in [0.5, 0.6) is 0 Å². The second kappa shape index (κ2) is 12.3. The number of aromatic nitrogens is 1. The summed E-state index contributed by atoms with van der Waals surface area (Å²) in [4.78, 5) is 4.30. The zero-order valence-electron chi connectivity index (χ0n) is 18.9. The Labute approximate surface area is 180 Å². The number of hydrogen-bond acceptors (Lipinski definition) is 1. The first-order valence-corrected chi connectivity index (χ1v) is 11.8.